The van der Waals surface area contributed by atoms with Gasteiger partial charge in [0.05, 0.1) is 16.6 Å². The third-order valence-electron chi connectivity index (χ3n) is 4.06. The zero-order chi connectivity index (χ0) is 16.5. The highest BCUT2D eigenvalue weighted by Gasteiger charge is 2.09. The molecule has 0 unspecified atom stereocenters. The van der Waals surface area contributed by atoms with Crippen LogP contribution in [-0.4, -0.2) is 24.5 Å². The summed E-state index contributed by atoms with van der Waals surface area (Å²) in [7, 11) is 0. The fraction of sp³-hybridized carbons (Fsp3) is 0.176. The average Bonchev–Trinajstić information content (AvgIpc) is 2.93. The molecule has 26 heavy (non-hydrogen) atoms. The normalized spacial score (nSPS) is 10.3. The Kier molecular flexibility index (Phi) is 6.52. The Morgan fingerprint density at radius 2 is 1.92 bits per heavy atom. The van der Waals surface area contributed by atoms with Gasteiger partial charge in [-0.25, -0.2) is 9.97 Å². The maximum Gasteiger partial charge on any atom is 0.178 e. The second kappa shape index (κ2) is 8.44. The van der Waals surface area contributed by atoms with Crippen molar-refractivity contribution < 1.29 is 0 Å². The summed E-state index contributed by atoms with van der Waals surface area (Å²) in [6, 6.07) is 8.07. The summed E-state index contributed by atoms with van der Waals surface area (Å²) in [4.78, 5) is 16.1. The number of anilines is 1. The number of aromatic amines is 1. The van der Waals surface area contributed by atoms with Gasteiger partial charge in [0.15, 0.2) is 4.77 Å². The molecule has 4 aromatic rings. The van der Waals surface area contributed by atoms with Crippen molar-refractivity contribution in [3.63, 3.8) is 0 Å². The van der Waals surface area contributed by atoms with Gasteiger partial charge in [0.1, 0.15) is 12.1 Å². The molecular weight excluding hydrogens is 391 g/mol. The molecule has 0 saturated carbocycles. The Bertz CT molecular complexity index is 1080. The molecule has 0 aliphatic heterocycles. The van der Waals surface area contributed by atoms with Gasteiger partial charge in [0, 0.05) is 30.9 Å². The predicted molar refractivity (Wildman–Crippen MR) is 112 cm³/mol. The lowest BCUT2D eigenvalue weighted by molar-refractivity contribution is 0.774. The van der Waals surface area contributed by atoms with Crippen LogP contribution in [-0.2, 0) is 13.1 Å². The number of fused-ring (bicyclic) bond motifs is 2. The second-order valence-corrected chi connectivity index (χ2v) is 5.88. The molecule has 9 heteroatoms. The van der Waals surface area contributed by atoms with Crippen molar-refractivity contribution in [2.75, 3.05) is 5.32 Å². The Hall–Kier alpha value is -2.22. The minimum absolute atomic E-state index is 0. The van der Waals surface area contributed by atoms with Crippen molar-refractivity contribution in [1.29, 1.82) is 0 Å². The first-order valence-corrected chi connectivity index (χ1v) is 8.17. The SMILES string of the molecule is CCn1c(=S)[nH]c2cc3c(NCc4ccncc4)ncnc3cc21.Cl.Cl. The lowest BCUT2D eigenvalue weighted by Crippen LogP contribution is -2.02. The van der Waals surface area contributed by atoms with Crippen molar-refractivity contribution in [2.24, 2.45) is 0 Å². The van der Waals surface area contributed by atoms with Gasteiger partial charge in [-0.15, -0.1) is 24.8 Å². The van der Waals surface area contributed by atoms with Crippen LogP contribution in [0, 0.1) is 4.77 Å². The van der Waals surface area contributed by atoms with Crippen LogP contribution < -0.4 is 5.32 Å². The lowest BCUT2D eigenvalue weighted by Gasteiger charge is -2.09. The number of nitrogens with zero attached hydrogens (tertiary/aromatic N) is 4. The number of benzene rings is 1. The molecule has 0 spiro atoms. The number of hydrogen-bond acceptors (Lipinski definition) is 5. The fourth-order valence-corrected chi connectivity index (χ4v) is 3.19. The quantitative estimate of drug-likeness (QED) is 0.485. The number of halogens is 2. The molecular formula is C17H18Cl2N6S. The minimum atomic E-state index is 0. The van der Waals surface area contributed by atoms with Gasteiger partial charge in [-0.05, 0) is 49.0 Å². The van der Waals surface area contributed by atoms with Gasteiger partial charge < -0.3 is 14.9 Å². The first-order chi connectivity index (χ1) is 11.8. The van der Waals surface area contributed by atoms with Crippen LogP contribution >= 0.6 is 37.0 Å². The fourth-order valence-electron chi connectivity index (χ4n) is 2.85. The zero-order valence-electron chi connectivity index (χ0n) is 14.0. The molecule has 0 aliphatic carbocycles. The van der Waals surface area contributed by atoms with Crippen molar-refractivity contribution in [3.05, 3.63) is 53.3 Å². The molecule has 4 rings (SSSR count). The summed E-state index contributed by atoms with van der Waals surface area (Å²) in [5, 5.41) is 4.35. The molecule has 0 amide bonds. The number of imidazole rings is 1. The first-order valence-electron chi connectivity index (χ1n) is 7.76. The summed E-state index contributed by atoms with van der Waals surface area (Å²) in [5.74, 6) is 0.808. The van der Waals surface area contributed by atoms with Crippen LogP contribution in [0.1, 0.15) is 12.5 Å². The molecule has 0 aliphatic rings. The van der Waals surface area contributed by atoms with E-state index in [0.29, 0.717) is 6.54 Å². The summed E-state index contributed by atoms with van der Waals surface area (Å²) in [5.41, 5.74) is 4.10. The molecule has 6 nitrogen and oxygen atoms in total. The van der Waals surface area contributed by atoms with Crippen molar-refractivity contribution in [2.45, 2.75) is 20.0 Å². The first kappa shape index (κ1) is 20.1. The number of pyridine rings is 1. The van der Waals surface area contributed by atoms with Gasteiger partial charge in [0.25, 0.3) is 0 Å². The van der Waals surface area contributed by atoms with Gasteiger partial charge >= 0.3 is 0 Å². The van der Waals surface area contributed by atoms with E-state index in [9.17, 15) is 0 Å². The summed E-state index contributed by atoms with van der Waals surface area (Å²) < 4.78 is 2.79. The molecule has 0 fully saturated rings. The van der Waals surface area contributed by atoms with E-state index >= 15 is 0 Å². The second-order valence-electron chi connectivity index (χ2n) is 5.49. The smallest absolute Gasteiger partial charge is 0.178 e. The van der Waals surface area contributed by atoms with E-state index in [4.69, 9.17) is 12.2 Å². The third kappa shape index (κ3) is 3.65. The summed E-state index contributed by atoms with van der Waals surface area (Å²) in [6.45, 7) is 3.58. The largest absolute Gasteiger partial charge is 0.365 e. The van der Waals surface area contributed by atoms with E-state index in [1.54, 1.807) is 18.7 Å². The molecule has 3 aromatic heterocycles. The molecule has 3 heterocycles. The predicted octanol–water partition coefficient (Wildman–Crippen LogP) is 4.51. The summed E-state index contributed by atoms with van der Waals surface area (Å²) in [6.07, 6.45) is 5.15. The van der Waals surface area contributed by atoms with E-state index < -0.39 is 0 Å². The number of aromatic nitrogens is 5. The number of hydrogen-bond donors (Lipinski definition) is 2. The highest BCUT2D eigenvalue weighted by atomic mass is 35.5. The zero-order valence-corrected chi connectivity index (χ0v) is 16.4. The van der Waals surface area contributed by atoms with E-state index in [1.165, 1.54) is 0 Å². The van der Waals surface area contributed by atoms with E-state index in [1.807, 2.05) is 12.1 Å². The Labute approximate surface area is 167 Å². The number of aryl methyl sites for hydroxylation is 1. The van der Waals surface area contributed by atoms with E-state index in [-0.39, 0.29) is 24.8 Å². The monoisotopic (exact) mass is 408 g/mol. The van der Waals surface area contributed by atoms with Crippen molar-refractivity contribution >= 4 is 64.8 Å². The van der Waals surface area contributed by atoms with E-state index in [2.05, 4.69) is 48.9 Å². The Morgan fingerprint density at radius 3 is 2.65 bits per heavy atom. The van der Waals surface area contributed by atoms with Crippen LogP contribution in [0.25, 0.3) is 21.9 Å². The standard InChI is InChI=1S/C17H16N6S.2ClH/c1-2-23-15-8-13-12(7-14(15)22-17(23)24)16(21-10-20-13)19-9-11-3-5-18-6-4-11;;/h3-8,10H,2,9H2,1H3,(H,22,24)(H,19,20,21);2*1H. The molecule has 0 bridgehead atoms. The highest BCUT2D eigenvalue weighted by molar-refractivity contribution is 7.71. The molecule has 2 N–H and O–H groups in total. The topological polar surface area (TPSA) is 71.4 Å². The molecule has 136 valence electrons. The minimum Gasteiger partial charge on any atom is -0.365 e. The number of H-pyrrole nitrogens is 1. The molecule has 0 radical (unpaired) electrons. The molecule has 0 atom stereocenters. The van der Waals surface area contributed by atoms with E-state index in [0.717, 1.165) is 44.6 Å². The molecule has 0 saturated heterocycles. The van der Waals surface area contributed by atoms with Crippen molar-refractivity contribution in [1.82, 2.24) is 24.5 Å². The van der Waals surface area contributed by atoms with Crippen LogP contribution in [0.2, 0.25) is 0 Å². The Morgan fingerprint density at radius 1 is 1.15 bits per heavy atom. The van der Waals surface area contributed by atoms with Gasteiger partial charge in [-0.1, -0.05) is 0 Å². The third-order valence-corrected chi connectivity index (χ3v) is 4.38. The Balaban J connectivity index is 0.00000121. The van der Waals surface area contributed by atoms with Gasteiger partial charge in [-0.2, -0.15) is 0 Å². The van der Waals surface area contributed by atoms with Crippen LogP contribution in [0.5, 0.6) is 0 Å². The van der Waals surface area contributed by atoms with Gasteiger partial charge in [-0.3, -0.25) is 4.98 Å². The van der Waals surface area contributed by atoms with Crippen molar-refractivity contribution in [3.8, 4) is 0 Å². The number of rotatable bonds is 4. The average molecular weight is 409 g/mol. The van der Waals surface area contributed by atoms with Crippen LogP contribution in [0.15, 0.2) is 43.0 Å². The maximum atomic E-state index is 5.39. The van der Waals surface area contributed by atoms with Crippen LogP contribution in [0.3, 0.4) is 0 Å². The highest BCUT2D eigenvalue weighted by Crippen LogP contribution is 2.25. The van der Waals surface area contributed by atoms with Crippen LogP contribution in [0.4, 0.5) is 5.82 Å². The lowest BCUT2D eigenvalue weighted by atomic mass is 10.2. The van der Waals surface area contributed by atoms with Gasteiger partial charge in [0.2, 0.25) is 0 Å². The molecule has 1 aromatic carbocycles. The maximum absolute atomic E-state index is 5.39. The summed E-state index contributed by atoms with van der Waals surface area (Å²) >= 11 is 5.39. The number of nitrogens with one attached hydrogen (secondary N) is 2.